The quantitative estimate of drug-likeness (QED) is 0.762. The predicted molar refractivity (Wildman–Crippen MR) is 57.4 cm³/mol. The Morgan fingerprint density at radius 1 is 1.27 bits per heavy atom. The van der Waals surface area contributed by atoms with Crippen molar-refractivity contribution in [1.29, 1.82) is 0 Å². The van der Waals surface area contributed by atoms with Crippen molar-refractivity contribution < 1.29 is 4.84 Å². The largest absolute Gasteiger partial charge is 0.304 e. The Kier molecular flexibility index (Phi) is 3.11. The molecule has 0 saturated carbocycles. The van der Waals surface area contributed by atoms with Gasteiger partial charge in [0.05, 0.1) is 18.5 Å². The zero-order valence-electron chi connectivity index (χ0n) is 8.34. The second-order valence-electron chi connectivity index (χ2n) is 3.25. The Morgan fingerprint density at radius 2 is 2.07 bits per heavy atom. The molecule has 2 rings (SSSR count). The summed E-state index contributed by atoms with van der Waals surface area (Å²) >= 11 is 0. The molecule has 0 amide bonds. The predicted octanol–water partition coefficient (Wildman–Crippen LogP) is 1.31. The van der Waals surface area contributed by atoms with Gasteiger partial charge in [-0.25, -0.2) is 10.6 Å². The molecule has 0 unspecified atom stereocenters. The summed E-state index contributed by atoms with van der Waals surface area (Å²) in [4.78, 5) is 4.52. The molecule has 1 aromatic carbocycles. The highest BCUT2D eigenvalue weighted by molar-refractivity contribution is 5.30. The van der Waals surface area contributed by atoms with Gasteiger partial charge in [-0.05, 0) is 17.7 Å². The third-order valence-corrected chi connectivity index (χ3v) is 2.17. The van der Waals surface area contributed by atoms with Crippen molar-refractivity contribution in [2.45, 2.75) is 6.42 Å². The zero-order valence-corrected chi connectivity index (χ0v) is 8.34. The zero-order chi connectivity index (χ0) is 10.5. The summed E-state index contributed by atoms with van der Waals surface area (Å²) in [6.45, 7) is 0.514. The molecule has 15 heavy (non-hydrogen) atoms. The van der Waals surface area contributed by atoms with Crippen LogP contribution in [0, 0.1) is 0 Å². The van der Waals surface area contributed by atoms with E-state index >= 15 is 0 Å². The van der Waals surface area contributed by atoms with Crippen molar-refractivity contribution in [1.82, 2.24) is 9.78 Å². The Hall–Kier alpha value is -1.65. The van der Waals surface area contributed by atoms with Gasteiger partial charge in [0.15, 0.2) is 0 Å². The van der Waals surface area contributed by atoms with Crippen LogP contribution in [-0.4, -0.2) is 16.4 Å². The van der Waals surface area contributed by atoms with Gasteiger partial charge in [-0.1, -0.05) is 18.2 Å². The first kappa shape index (κ1) is 9.89. The van der Waals surface area contributed by atoms with Crippen LogP contribution < -0.4 is 5.90 Å². The van der Waals surface area contributed by atoms with E-state index in [1.165, 1.54) is 0 Å². The SMILES string of the molecule is NOCCc1cnn(-c2ccccc2)c1. The van der Waals surface area contributed by atoms with Gasteiger partial charge >= 0.3 is 0 Å². The molecular formula is C11H13N3O. The van der Waals surface area contributed by atoms with Crippen LogP contribution in [0.3, 0.4) is 0 Å². The Morgan fingerprint density at radius 3 is 2.80 bits per heavy atom. The van der Waals surface area contributed by atoms with Crippen LogP contribution in [0.4, 0.5) is 0 Å². The fourth-order valence-electron chi connectivity index (χ4n) is 1.39. The van der Waals surface area contributed by atoms with Gasteiger partial charge in [-0.2, -0.15) is 5.10 Å². The topological polar surface area (TPSA) is 53.1 Å². The molecule has 0 radical (unpaired) electrons. The summed E-state index contributed by atoms with van der Waals surface area (Å²) in [6, 6.07) is 9.97. The number of benzene rings is 1. The molecular weight excluding hydrogens is 190 g/mol. The molecule has 78 valence electrons. The van der Waals surface area contributed by atoms with Crippen LogP contribution in [0.15, 0.2) is 42.7 Å². The summed E-state index contributed by atoms with van der Waals surface area (Å²) < 4.78 is 1.84. The second-order valence-corrected chi connectivity index (χ2v) is 3.25. The maximum atomic E-state index is 4.97. The average molecular weight is 203 g/mol. The van der Waals surface area contributed by atoms with Crippen molar-refractivity contribution in [3.63, 3.8) is 0 Å². The molecule has 0 aliphatic heterocycles. The molecule has 0 saturated heterocycles. The smallest absolute Gasteiger partial charge is 0.0720 e. The van der Waals surface area contributed by atoms with Crippen LogP contribution in [0.25, 0.3) is 5.69 Å². The molecule has 4 nitrogen and oxygen atoms in total. The van der Waals surface area contributed by atoms with Gasteiger partial charge in [-0.15, -0.1) is 0 Å². The van der Waals surface area contributed by atoms with E-state index in [4.69, 9.17) is 5.90 Å². The van der Waals surface area contributed by atoms with E-state index in [9.17, 15) is 0 Å². The number of hydrogen-bond acceptors (Lipinski definition) is 3. The fourth-order valence-corrected chi connectivity index (χ4v) is 1.39. The van der Waals surface area contributed by atoms with Crippen molar-refractivity contribution in [3.05, 3.63) is 48.3 Å². The third kappa shape index (κ3) is 2.43. The normalized spacial score (nSPS) is 10.5. The molecule has 0 aliphatic rings. The van der Waals surface area contributed by atoms with Gasteiger partial charge in [0.2, 0.25) is 0 Å². The van der Waals surface area contributed by atoms with Gasteiger partial charge in [0.25, 0.3) is 0 Å². The Balaban J connectivity index is 2.14. The summed E-state index contributed by atoms with van der Waals surface area (Å²) in [5.74, 6) is 4.97. The minimum atomic E-state index is 0.514. The first-order chi connectivity index (χ1) is 7.40. The number of aromatic nitrogens is 2. The maximum absolute atomic E-state index is 4.97. The molecule has 0 atom stereocenters. The molecule has 1 heterocycles. The van der Waals surface area contributed by atoms with Crippen molar-refractivity contribution in [3.8, 4) is 5.69 Å². The third-order valence-electron chi connectivity index (χ3n) is 2.17. The minimum Gasteiger partial charge on any atom is -0.304 e. The lowest BCUT2D eigenvalue weighted by atomic mass is 10.3. The monoisotopic (exact) mass is 203 g/mol. The number of rotatable bonds is 4. The summed E-state index contributed by atoms with van der Waals surface area (Å²) in [6.07, 6.45) is 4.59. The van der Waals surface area contributed by atoms with Crippen LogP contribution in [0.1, 0.15) is 5.56 Å². The van der Waals surface area contributed by atoms with E-state index in [1.54, 1.807) is 0 Å². The molecule has 0 bridgehead atoms. The van der Waals surface area contributed by atoms with Crippen LogP contribution in [0.5, 0.6) is 0 Å². The van der Waals surface area contributed by atoms with Crippen molar-refractivity contribution in [2.24, 2.45) is 5.90 Å². The lowest BCUT2D eigenvalue weighted by molar-refractivity contribution is 0.141. The lowest BCUT2D eigenvalue weighted by Crippen LogP contribution is -2.03. The molecule has 2 N–H and O–H groups in total. The maximum Gasteiger partial charge on any atom is 0.0720 e. The van der Waals surface area contributed by atoms with E-state index in [0.717, 1.165) is 17.7 Å². The van der Waals surface area contributed by atoms with E-state index in [2.05, 4.69) is 9.94 Å². The molecule has 0 aliphatic carbocycles. The molecule has 2 aromatic rings. The van der Waals surface area contributed by atoms with E-state index in [0.29, 0.717) is 6.61 Å². The Labute approximate surface area is 88.2 Å². The van der Waals surface area contributed by atoms with Gasteiger partial charge < -0.3 is 4.84 Å². The van der Waals surface area contributed by atoms with Crippen molar-refractivity contribution >= 4 is 0 Å². The summed E-state index contributed by atoms with van der Waals surface area (Å²) in [5, 5.41) is 4.26. The first-order valence-electron chi connectivity index (χ1n) is 4.81. The van der Waals surface area contributed by atoms with E-state index in [1.807, 2.05) is 47.4 Å². The highest BCUT2D eigenvalue weighted by atomic mass is 16.6. The minimum absolute atomic E-state index is 0.514. The highest BCUT2D eigenvalue weighted by Gasteiger charge is 1.99. The van der Waals surface area contributed by atoms with Gasteiger partial charge in [0, 0.05) is 12.6 Å². The molecule has 0 fully saturated rings. The van der Waals surface area contributed by atoms with Crippen molar-refractivity contribution in [2.75, 3.05) is 6.61 Å². The molecule has 1 aromatic heterocycles. The van der Waals surface area contributed by atoms with Crippen LogP contribution in [0.2, 0.25) is 0 Å². The molecule has 0 spiro atoms. The Bertz CT molecular complexity index is 411. The number of hydrogen-bond donors (Lipinski definition) is 1. The number of para-hydroxylation sites is 1. The molecule has 4 heteroatoms. The summed E-state index contributed by atoms with van der Waals surface area (Å²) in [5.41, 5.74) is 2.17. The fraction of sp³-hybridized carbons (Fsp3) is 0.182. The standard InChI is InChI=1S/C11H13N3O/c12-15-7-6-10-8-13-14(9-10)11-4-2-1-3-5-11/h1-5,8-9H,6-7,12H2. The van der Waals surface area contributed by atoms with Gasteiger partial charge in [0.1, 0.15) is 0 Å². The number of nitrogens with zero attached hydrogens (tertiary/aromatic N) is 2. The van der Waals surface area contributed by atoms with Crippen LogP contribution >= 0.6 is 0 Å². The average Bonchev–Trinajstić information content (AvgIpc) is 2.76. The highest BCUT2D eigenvalue weighted by Crippen LogP contribution is 2.07. The second kappa shape index (κ2) is 4.72. The van der Waals surface area contributed by atoms with Gasteiger partial charge in [-0.3, -0.25) is 0 Å². The van der Waals surface area contributed by atoms with Crippen LogP contribution in [-0.2, 0) is 11.3 Å². The summed E-state index contributed by atoms with van der Waals surface area (Å²) in [7, 11) is 0. The number of nitrogens with two attached hydrogens (primary N) is 1. The lowest BCUT2D eigenvalue weighted by Gasteiger charge is -1.99. The first-order valence-corrected chi connectivity index (χ1v) is 4.81. The van der Waals surface area contributed by atoms with E-state index < -0.39 is 0 Å². The van der Waals surface area contributed by atoms with E-state index in [-0.39, 0.29) is 0 Å².